The summed E-state index contributed by atoms with van der Waals surface area (Å²) < 4.78 is 15.0. The largest absolute Gasteiger partial charge is 0.206 e. The number of benzene rings is 4. The Kier molecular flexibility index (Phi) is 6.10. The van der Waals surface area contributed by atoms with Crippen molar-refractivity contribution < 1.29 is 4.39 Å². The highest BCUT2D eigenvalue weighted by atomic mass is 19.1. The van der Waals surface area contributed by atoms with Gasteiger partial charge < -0.3 is 0 Å². The number of hydrogen-bond acceptors (Lipinski definition) is 1. The lowest BCUT2D eigenvalue weighted by molar-refractivity contribution is 0.632. The van der Waals surface area contributed by atoms with E-state index in [4.69, 9.17) is 5.26 Å². The summed E-state index contributed by atoms with van der Waals surface area (Å²) in [6, 6.07) is 23.5. The molecule has 0 aliphatic carbocycles. The minimum absolute atomic E-state index is 0.236. The molecule has 4 aromatic rings. The van der Waals surface area contributed by atoms with Crippen molar-refractivity contribution in [3.63, 3.8) is 0 Å². The SMILES string of the molecule is CCCCCCCc1ccc2c(ccc3cc(-c4ccc(C#N)cc4)c(F)cc32)c1. The highest BCUT2D eigenvalue weighted by molar-refractivity contribution is 6.08. The Hall–Kier alpha value is -3.18. The van der Waals surface area contributed by atoms with E-state index in [1.54, 1.807) is 30.3 Å². The molecule has 0 heterocycles. The Morgan fingerprint density at radius 2 is 1.50 bits per heavy atom. The van der Waals surface area contributed by atoms with Gasteiger partial charge in [0, 0.05) is 5.56 Å². The van der Waals surface area contributed by atoms with Gasteiger partial charge in [-0.15, -0.1) is 0 Å². The van der Waals surface area contributed by atoms with Gasteiger partial charge in [-0.3, -0.25) is 0 Å². The second-order valence-corrected chi connectivity index (χ2v) is 8.03. The van der Waals surface area contributed by atoms with Crippen LogP contribution in [0.2, 0.25) is 0 Å². The molecule has 0 aliphatic heterocycles. The van der Waals surface area contributed by atoms with Crippen molar-refractivity contribution in [1.29, 1.82) is 5.26 Å². The maximum atomic E-state index is 15.0. The first-order valence-corrected chi connectivity index (χ1v) is 10.8. The van der Waals surface area contributed by atoms with E-state index < -0.39 is 0 Å². The van der Waals surface area contributed by atoms with Crippen LogP contribution in [0.25, 0.3) is 32.7 Å². The minimum atomic E-state index is -0.236. The molecule has 0 saturated heterocycles. The standard InChI is InChI=1S/C28H26FN/c1-2-3-4-5-6-7-20-10-15-25-23(16-20)13-14-24-17-27(28(29)18-26(24)25)22-11-8-21(19-30)9-12-22/h8-18H,2-7H2,1H3. The van der Waals surface area contributed by atoms with E-state index in [9.17, 15) is 4.39 Å². The second-order valence-electron chi connectivity index (χ2n) is 8.03. The highest BCUT2D eigenvalue weighted by Crippen LogP contribution is 2.32. The number of hydrogen-bond donors (Lipinski definition) is 0. The van der Waals surface area contributed by atoms with Gasteiger partial charge in [-0.2, -0.15) is 5.26 Å². The van der Waals surface area contributed by atoms with Crippen LogP contribution in [0, 0.1) is 17.1 Å². The van der Waals surface area contributed by atoms with Gasteiger partial charge >= 0.3 is 0 Å². The lowest BCUT2D eigenvalue weighted by Gasteiger charge is -2.10. The summed E-state index contributed by atoms with van der Waals surface area (Å²) >= 11 is 0. The number of nitrogens with zero attached hydrogens (tertiary/aromatic N) is 1. The molecule has 0 radical (unpaired) electrons. The first-order chi connectivity index (χ1) is 14.7. The van der Waals surface area contributed by atoms with Crippen LogP contribution in [0.5, 0.6) is 0 Å². The predicted molar refractivity (Wildman–Crippen MR) is 124 cm³/mol. The van der Waals surface area contributed by atoms with Gasteiger partial charge in [-0.25, -0.2) is 4.39 Å². The molecule has 0 atom stereocenters. The van der Waals surface area contributed by atoms with Crippen molar-refractivity contribution in [2.24, 2.45) is 0 Å². The summed E-state index contributed by atoms with van der Waals surface area (Å²) in [5, 5.41) is 13.2. The van der Waals surface area contributed by atoms with Gasteiger partial charge in [0.05, 0.1) is 11.6 Å². The molecule has 30 heavy (non-hydrogen) atoms. The smallest absolute Gasteiger partial charge is 0.131 e. The van der Waals surface area contributed by atoms with Crippen molar-refractivity contribution in [1.82, 2.24) is 0 Å². The number of fused-ring (bicyclic) bond motifs is 3. The molecule has 2 heteroatoms. The molecule has 1 nitrogen and oxygen atoms in total. The summed E-state index contributed by atoms with van der Waals surface area (Å²) in [7, 11) is 0. The highest BCUT2D eigenvalue weighted by Gasteiger charge is 2.10. The Bertz CT molecular complexity index is 1220. The molecular formula is C28H26FN. The molecule has 4 aromatic carbocycles. The Morgan fingerprint density at radius 3 is 2.23 bits per heavy atom. The molecular weight excluding hydrogens is 369 g/mol. The average molecular weight is 396 g/mol. The molecule has 0 aliphatic rings. The quantitative estimate of drug-likeness (QED) is 0.228. The van der Waals surface area contributed by atoms with Crippen molar-refractivity contribution >= 4 is 21.5 Å². The zero-order valence-corrected chi connectivity index (χ0v) is 17.4. The third-order valence-corrected chi connectivity index (χ3v) is 5.88. The second kappa shape index (κ2) is 9.09. The maximum Gasteiger partial charge on any atom is 0.131 e. The third kappa shape index (κ3) is 4.21. The maximum absolute atomic E-state index is 15.0. The van der Waals surface area contributed by atoms with Gasteiger partial charge in [-0.1, -0.05) is 75.1 Å². The fourth-order valence-electron chi connectivity index (χ4n) is 4.17. The molecule has 0 spiro atoms. The molecule has 0 saturated carbocycles. The monoisotopic (exact) mass is 395 g/mol. The first-order valence-electron chi connectivity index (χ1n) is 10.8. The van der Waals surface area contributed by atoms with Crippen molar-refractivity contribution in [2.75, 3.05) is 0 Å². The molecule has 0 amide bonds. The summed E-state index contributed by atoms with van der Waals surface area (Å²) in [5.74, 6) is -0.236. The van der Waals surface area contributed by atoms with E-state index in [1.165, 1.54) is 43.1 Å². The lowest BCUT2D eigenvalue weighted by atomic mass is 9.95. The zero-order chi connectivity index (χ0) is 20.9. The van der Waals surface area contributed by atoms with E-state index in [2.05, 4.69) is 43.3 Å². The molecule has 0 N–H and O–H groups in total. The Labute approximate surface area is 177 Å². The van der Waals surface area contributed by atoms with Crippen LogP contribution in [-0.2, 0) is 6.42 Å². The van der Waals surface area contributed by atoms with Crippen LogP contribution >= 0.6 is 0 Å². The molecule has 0 unspecified atom stereocenters. The van der Waals surface area contributed by atoms with Crippen LogP contribution < -0.4 is 0 Å². The van der Waals surface area contributed by atoms with Crippen molar-refractivity contribution in [2.45, 2.75) is 45.4 Å². The minimum Gasteiger partial charge on any atom is -0.206 e. The molecule has 0 bridgehead atoms. The topological polar surface area (TPSA) is 23.8 Å². The summed E-state index contributed by atoms with van der Waals surface area (Å²) in [6.45, 7) is 2.24. The summed E-state index contributed by atoms with van der Waals surface area (Å²) in [5.41, 5.74) is 3.28. The van der Waals surface area contributed by atoms with E-state index in [-0.39, 0.29) is 5.82 Å². The van der Waals surface area contributed by atoms with Crippen LogP contribution in [0.15, 0.2) is 66.7 Å². The fourth-order valence-corrected chi connectivity index (χ4v) is 4.17. The van der Waals surface area contributed by atoms with E-state index >= 15 is 0 Å². The van der Waals surface area contributed by atoms with Crippen LogP contribution in [0.1, 0.15) is 50.2 Å². The third-order valence-electron chi connectivity index (χ3n) is 5.88. The summed E-state index contributed by atoms with van der Waals surface area (Å²) in [4.78, 5) is 0. The van der Waals surface area contributed by atoms with Crippen molar-refractivity contribution in [3.05, 3.63) is 83.7 Å². The zero-order valence-electron chi connectivity index (χ0n) is 17.4. The number of halogens is 1. The van der Waals surface area contributed by atoms with E-state index in [1.807, 2.05) is 6.07 Å². The fraction of sp³-hybridized carbons (Fsp3) is 0.250. The van der Waals surface area contributed by atoms with Crippen LogP contribution in [-0.4, -0.2) is 0 Å². The van der Waals surface area contributed by atoms with Crippen LogP contribution in [0.4, 0.5) is 4.39 Å². The molecule has 150 valence electrons. The van der Waals surface area contributed by atoms with Gasteiger partial charge in [0.25, 0.3) is 0 Å². The first kappa shape index (κ1) is 20.1. The Morgan fingerprint density at radius 1 is 0.767 bits per heavy atom. The van der Waals surface area contributed by atoms with Crippen LogP contribution in [0.3, 0.4) is 0 Å². The summed E-state index contributed by atoms with van der Waals surface area (Å²) in [6.07, 6.45) is 7.51. The lowest BCUT2D eigenvalue weighted by Crippen LogP contribution is -1.89. The Balaban J connectivity index is 1.64. The number of unbranched alkanes of at least 4 members (excludes halogenated alkanes) is 4. The average Bonchev–Trinajstić information content (AvgIpc) is 2.78. The predicted octanol–water partition coefficient (Wildman–Crippen LogP) is 8.18. The molecule has 0 fully saturated rings. The van der Waals surface area contributed by atoms with Gasteiger partial charge in [0.2, 0.25) is 0 Å². The molecule has 4 rings (SSSR count). The normalized spacial score (nSPS) is 11.1. The van der Waals surface area contributed by atoms with Gasteiger partial charge in [-0.05, 0) is 69.8 Å². The molecule has 0 aromatic heterocycles. The van der Waals surface area contributed by atoms with E-state index in [0.717, 1.165) is 28.1 Å². The van der Waals surface area contributed by atoms with Gasteiger partial charge in [0.1, 0.15) is 5.82 Å². The van der Waals surface area contributed by atoms with Crippen molar-refractivity contribution in [3.8, 4) is 17.2 Å². The van der Waals surface area contributed by atoms with E-state index in [0.29, 0.717) is 11.1 Å². The number of aryl methyl sites for hydroxylation is 1. The number of nitriles is 1. The van der Waals surface area contributed by atoms with Gasteiger partial charge in [0.15, 0.2) is 0 Å². The number of rotatable bonds is 7.